The number of hydrogen-bond donors (Lipinski definition) is 0. The van der Waals surface area contributed by atoms with E-state index in [1.54, 1.807) is 12.1 Å². The van der Waals surface area contributed by atoms with Crippen LogP contribution in [-0.2, 0) is 4.79 Å². The van der Waals surface area contributed by atoms with E-state index in [0.29, 0.717) is 18.4 Å². The van der Waals surface area contributed by atoms with Crippen LogP contribution < -0.4 is 9.64 Å². The lowest BCUT2D eigenvalue weighted by Crippen LogP contribution is -2.43. The molecular formula is C22H23FN2O2. The number of amides is 1. The summed E-state index contributed by atoms with van der Waals surface area (Å²) in [4.78, 5) is 16.7. The minimum absolute atomic E-state index is 0.0278. The molecule has 1 saturated heterocycles. The molecule has 0 spiro atoms. The molecule has 1 aliphatic carbocycles. The fraction of sp³-hybridized carbons (Fsp3) is 0.409. The number of fused-ring (bicyclic) bond motifs is 2. The van der Waals surface area contributed by atoms with E-state index < -0.39 is 0 Å². The average molecular weight is 366 g/mol. The standard InChI is InChI=1S/C22H23FN2O2/c23-17-7-5-15(6-8-17)18-11-16-12-24(13-19(16)18)9-10-25-20-3-1-2-4-21(20)27-14-22(25)26/h1-8,16,18-19H,9-14H2. The van der Waals surface area contributed by atoms with Crippen molar-refractivity contribution in [2.45, 2.75) is 12.3 Å². The van der Waals surface area contributed by atoms with Crippen molar-refractivity contribution < 1.29 is 13.9 Å². The highest BCUT2D eigenvalue weighted by molar-refractivity contribution is 5.97. The van der Waals surface area contributed by atoms with Crippen LogP contribution in [0.15, 0.2) is 48.5 Å². The van der Waals surface area contributed by atoms with E-state index in [4.69, 9.17) is 4.74 Å². The SMILES string of the molecule is O=C1COc2ccccc2N1CCN1CC2CC(c3ccc(F)cc3)C2C1. The Morgan fingerprint density at radius 2 is 1.85 bits per heavy atom. The minimum atomic E-state index is -0.168. The van der Waals surface area contributed by atoms with E-state index in [2.05, 4.69) is 4.90 Å². The number of carbonyl (C=O) groups is 1. The quantitative estimate of drug-likeness (QED) is 0.833. The van der Waals surface area contributed by atoms with Crippen LogP contribution in [0.25, 0.3) is 0 Å². The van der Waals surface area contributed by atoms with Gasteiger partial charge in [-0.1, -0.05) is 24.3 Å². The summed E-state index contributed by atoms with van der Waals surface area (Å²) in [6.45, 7) is 3.85. The molecule has 1 amide bonds. The second-order valence-electron chi connectivity index (χ2n) is 7.88. The van der Waals surface area contributed by atoms with E-state index in [1.165, 1.54) is 12.0 Å². The summed E-state index contributed by atoms with van der Waals surface area (Å²) in [7, 11) is 0. The van der Waals surface area contributed by atoms with Gasteiger partial charge in [0.15, 0.2) is 6.61 Å². The van der Waals surface area contributed by atoms with Gasteiger partial charge in [-0.25, -0.2) is 4.39 Å². The molecule has 1 saturated carbocycles. The second-order valence-corrected chi connectivity index (χ2v) is 7.88. The summed E-state index contributed by atoms with van der Waals surface area (Å²) >= 11 is 0. The molecule has 2 aromatic rings. The summed E-state index contributed by atoms with van der Waals surface area (Å²) in [5.41, 5.74) is 2.14. The van der Waals surface area contributed by atoms with Crippen molar-refractivity contribution in [1.29, 1.82) is 0 Å². The molecule has 4 nitrogen and oxygen atoms in total. The molecular weight excluding hydrogens is 343 g/mol. The first-order valence-electron chi connectivity index (χ1n) is 9.69. The van der Waals surface area contributed by atoms with Gasteiger partial charge in [0.1, 0.15) is 11.6 Å². The molecule has 2 aromatic carbocycles. The highest BCUT2D eigenvalue weighted by Crippen LogP contribution is 2.51. The number of carbonyl (C=O) groups excluding carboxylic acids is 1. The van der Waals surface area contributed by atoms with Crippen LogP contribution in [0.1, 0.15) is 17.9 Å². The molecule has 5 rings (SSSR count). The van der Waals surface area contributed by atoms with Crippen molar-refractivity contribution in [2.24, 2.45) is 11.8 Å². The predicted molar refractivity (Wildman–Crippen MR) is 101 cm³/mol. The number of anilines is 1. The molecule has 5 heteroatoms. The van der Waals surface area contributed by atoms with Crippen LogP contribution in [0.2, 0.25) is 0 Å². The molecule has 27 heavy (non-hydrogen) atoms. The van der Waals surface area contributed by atoms with Gasteiger partial charge in [0, 0.05) is 26.2 Å². The molecule has 3 atom stereocenters. The Morgan fingerprint density at radius 3 is 2.70 bits per heavy atom. The minimum Gasteiger partial charge on any atom is -0.482 e. The highest BCUT2D eigenvalue weighted by Gasteiger charge is 2.47. The maximum absolute atomic E-state index is 13.2. The zero-order valence-corrected chi connectivity index (χ0v) is 15.2. The topological polar surface area (TPSA) is 32.8 Å². The van der Waals surface area contributed by atoms with Crippen LogP contribution >= 0.6 is 0 Å². The monoisotopic (exact) mass is 366 g/mol. The Balaban J connectivity index is 1.21. The van der Waals surface area contributed by atoms with Crippen molar-refractivity contribution in [1.82, 2.24) is 4.90 Å². The van der Waals surface area contributed by atoms with Gasteiger partial charge in [-0.2, -0.15) is 0 Å². The number of likely N-dealkylation sites (tertiary alicyclic amines) is 1. The fourth-order valence-electron chi connectivity index (χ4n) is 4.92. The molecule has 140 valence electrons. The third-order valence-corrected chi connectivity index (χ3v) is 6.39. The molecule has 3 unspecified atom stereocenters. The average Bonchev–Trinajstić information content (AvgIpc) is 2.99. The van der Waals surface area contributed by atoms with E-state index in [9.17, 15) is 9.18 Å². The predicted octanol–water partition coefficient (Wildman–Crippen LogP) is 3.29. The van der Waals surface area contributed by atoms with Crippen LogP contribution in [0.4, 0.5) is 10.1 Å². The van der Waals surface area contributed by atoms with E-state index in [1.807, 2.05) is 41.3 Å². The van der Waals surface area contributed by atoms with Crippen molar-refractivity contribution in [2.75, 3.05) is 37.7 Å². The number of hydrogen-bond acceptors (Lipinski definition) is 3. The van der Waals surface area contributed by atoms with Gasteiger partial charge in [-0.05, 0) is 54.0 Å². The van der Waals surface area contributed by atoms with E-state index in [-0.39, 0.29) is 18.3 Å². The summed E-state index contributed by atoms with van der Waals surface area (Å²) in [5.74, 6) is 2.58. The lowest BCUT2D eigenvalue weighted by atomic mass is 9.64. The summed E-state index contributed by atoms with van der Waals surface area (Å²) in [6, 6.07) is 14.7. The first kappa shape index (κ1) is 16.8. The first-order valence-corrected chi connectivity index (χ1v) is 9.69. The molecule has 2 aliphatic heterocycles. The van der Waals surface area contributed by atoms with Crippen LogP contribution in [0.5, 0.6) is 5.75 Å². The maximum Gasteiger partial charge on any atom is 0.265 e. The Labute approximate surface area is 158 Å². The van der Waals surface area contributed by atoms with Crippen LogP contribution in [0.3, 0.4) is 0 Å². The Hall–Kier alpha value is -2.40. The smallest absolute Gasteiger partial charge is 0.265 e. The molecule has 0 N–H and O–H groups in total. The third-order valence-electron chi connectivity index (χ3n) is 6.39. The highest BCUT2D eigenvalue weighted by atomic mass is 19.1. The molecule has 3 aliphatic rings. The largest absolute Gasteiger partial charge is 0.482 e. The Bertz CT molecular complexity index is 854. The number of ether oxygens (including phenoxy) is 1. The van der Waals surface area contributed by atoms with Gasteiger partial charge in [0.25, 0.3) is 5.91 Å². The number of para-hydroxylation sites is 2. The van der Waals surface area contributed by atoms with Gasteiger partial charge >= 0.3 is 0 Å². The van der Waals surface area contributed by atoms with Crippen molar-refractivity contribution in [3.05, 3.63) is 59.9 Å². The third kappa shape index (κ3) is 3.00. The lowest BCUT2D eigenvalue weighted by Gasteiger charge is -2.40. The van der Waals surface area contributed by atoms with Gasteiger partial charge < -0.3 is 14.5 Å². The molecule has 0 radical (unpaired) electrons. The van der Waals surface area contributed by atoms with Crippen molar-refractivity contribution in [3.8, 4) is 5.75 Å². The summed E-state index contributed by atoms with van der Waals surface area (Å²) in [5, 5.41) is 0. The maximum atomic E-state index is 13.2. The van der Waals surface area contributed by atoms with E-state index >= 15 is 0 Å². The van der Waals surface area contributed by atoms with Crippen molar-refractivity contribution in [3.63, 3.8) is 0 Å². The second kappa shape index (κ2) is 6.64. The summed E-state index contributed by atoms with van der Waals surface area (Å²) < 4.78 is 18.7. The van der Waals surface area contributed by atoms with E-state index in [0.717, 1.165) is 37.0 Å². The normalized spacial score (nSPS) is 26.9. The fourth-order valence-corrected chi connectivity index (χ4v) is 4.92. The zero-order valence-electron chi connectivity index (χ0n) is 15.2. The molecule has 0 aromatic heterocycles. The van der Waals surface area contributed by atoms with Gasteiger partial charge in [-0.15, -0.1) is 0 Å². The van der Waals surface area contributed by atoms with Gasteiger partial charge in [0.05, 0.1) is 5.69 Å². The number of rotatable bonds is 4. The lowest BCUT2D eigenvalue weighted by molar-refractivity contribution is -0.121. The van der Waals surface area contributed by atoms with Gasteiger partial charge in [-0.3, -0.25) is 4.79 Å². The summed E-state index contributed by atoms with van der Waals surface area (Å²) in [6.07, 6.45) is 1.19. The Morgan fingerprint density at radius 1 is 1.04 bits per heavy atom. The molecule has 2 fully saturated rings. The van der Waals surface area contributed by atoms with Crippen LogP contribution in [-0.4, -0.2) is 43.6 Å². The molecule has 2 heterocycles. The molecule has 0 bridgehead atoms. The first-order chi connectivity index (χ1) is 13.2. The number of benzene rings is 2. The van der Waals surface area contributed by atoms with Crippen LogP contribution in [0, 0.1) is 17.7 Å². The Kier molecular flexibility index (Phi) is 4.12. The zero-order chi connectivity index (χ0) is 18.4. The van der Waals surface area contributed by atoms with Gasteiger partial charge in [0.2, 0.25) is 0 Å². The number of halogens is 1. The number of nitrogens with zero attached hydrogens (tertiary/aromatic N) is 2. The van der Waals surface area contributed by atoms with Crippen molar-refractivity contribution >= 4 is 11.6 Å².